The summed E-state index contributed by atoms with van der Waals surface area (Å²) in [6, 6.07) is 7.38. The fourth-order valence-electron chi connectivity index (χ4n) is 5.12. The Labute approximate surface area is 170 Å². The van der Waals surface area contributed by atoms with Gasteiger partial charge in [-0.25, -0.2) is 4.79 Å². The largest absolute Gasteiger partial charge is 0.461 e. The quantitative estimate of drug-likeness (QED) is 0.514. The molecule has 0 amide bonds. The highest BCUT2D eigenvalue weighted by molar-refractivity contribution is 5.89. The van der Waals surface area contributed by atoms with Crippen LogP contribution >= 0.6 is 0 Å². The molecule has 29 heavy (non-hydrogen) atoms. The predicted molar refractivity (Wildman–Crippen MR) is 104 cm³/mol. The minimum atomic E-state index is -0.450. The van der Waals surface area contributed by atoms with Crippen molar-refractivity contribution in [3.05, 3.63) is 35.4 Å². The van der Waals surface area contributed by atoms with E-state index in [2.05, 4.69) is 13.8 Å². The van der Waals surface area contributed by atoms with Crippen molar-refractivity contribution < 1.29 is 28.6 Å². The lowest BCUT2D eigenvalue weighted by Crippen LogP contribution is -2.39. The second-order valence-electron chi connectivity index (χ2n) is 8.87. The lowest BCUT2D eigenvalue weighted by atomic mass is 9.75. The highest BCUT2D eigenvalue weighted by Gasteiger charge is 2.69. The molecule has 0 N–H and O–H groups in total. The second kappa shape index (κ2) is 7.47. The van der Waals surface area contributed by atoms with Crippen LogP contribution in [0, 0.1) is 17.3 Å². The van der Waals surface area contributed by atoms with Gasteiger partial charge in [0.15, 0.2) is 0 Å². The number of esters is 3. The van der Waals surface area contributed by atoms with E-state index >= 15 is 0 Å². The summed E-state index contributed by atoms with van der Waals surface area (Å²) in [5.74, 6) is -0.272. The van der Waals surface area contributed by atoms with Gasteiger partial charge in [0.1, 0.15) is 18.8 Å². The first-order valence-electron chi connectivity index (χ1n) is 10.5. The summed E-state index contributed by atoms with van der Waals surface area (Å²) in [7, 11) is 0. The van der Waals surface area contributed by atoms with Gasteiger partial charge in [0, 0.05) is 11.8 Å². The van der Waals surface area contributed by atoms with Crippen LogP contribution in [0.4, 0.5) is 0 Å². The highest BCUT2D eigenvalue weighted by Crippen LogP contribution is 2.62. The van der Waals surface area contributed by atoms with E-state index in [1.165, 1.54) is 5.56 Å². The van der Waals surface area contributed by atoms with Crippen molar-refractivity contribution in [2.24, 2.45) is 17.3 Å². The third kappa shape index (κ3) is 3.43. The maximum Gasteiger partial charge on any atom is 0.338 e. The summed E-state index contributed by atoms with van der Waals surface area (Å²) in [5.41, 5.74) is 1.25. The molecule has 6 nitrogen and oxygen atoms in total. The van der Waals surface area contributed by atoms with E-state index in [4.69, 9.17) is 14.2 Å². The van der Waals surface area contributed by atoms with Crippen LogP contribution in [0.1, 0.15) is 68.3 Å². The fraction of sp³-hybridized carbons (Fsp3) is 0.609. The average Bonchev–Trinajstić information content (AvgIpc) is 3.28. The SMILES string of the molecule is CCC(C)c1ccc(C(=O)OCCC(=O)OC2C3CC4C2OC(=O)C4(C)C3)cc1. The van der Waals surface area contributed by atoms with Crippen LogP contribution in [0.25, 0.3) is 0 Å². The minimum absolute atomic E-state index is 0.0114. The Hall–Kier alpha value is -2.37. The Balaban J connectivity index is 1.24. The first kappa shape index (κ1) is 19.9. The molecular weight excluding hydrogens is 372 g/mol. The molecule has 3 aliphatic rings. The molecule has 1 aliphatic heterocycles. The second-order valence-corrected chi connectivity index (χ2v) is 8.87. The molecule has 1 aromatic rings. The van der Waals surface area contributed by atoms with Crippen molar-refractivity contribution in [1.82, 2.24) is 0 Å². The van der Waals surface area contributed by atoms with Crippen LogP contribution in [-0.4, -0.2) is 36.7 Å². The summed E-state index contributed by atoms with van der Waals surface area (Å²) in [6.45, 7) is 6.18. The topological polar surface area (TPSA) is 78.9 Å². The van der Waals surface area contributed by atoms with Gasteiger partial charge in [-0.15, -0.1) is 0 Å². The van der Waals surface area contributed by atoms with Gasteiger partial charge in [0.05, 0.1) is 17.4 Å². The van der Waals surface area contributed by atoms with E-state index in [1.54, 1.807) is 12.1 Å². The molecule has 4 rings (SSSR count). The molecule has 1 saturated heterocycles. The van der Waals surface area contributed by atoms with Crippen molar-refractivity contribution in [2.75, 3.05) is 6.61 Å². The number of ether oxygens (including phenoxy) is 3. The Kier molecular flexibility index (Phi) is 5.13. The van der Waals surface area contributed by atoms with Crippen LogP contribution in [0.5, 0.6) is 0 Å². The first-order chi connectivity index (χ1) is 13.8. The molecule has 1 aromatic carbocycles. The zero-order valence-corrected chi connectivity index (χ0v) is 17.2. The van der Waals surface area contributed by atoms with E-state index in [0.717, 1.165) is 12.8 Å². The van der Waals surface area contributed by atoms with Crippen molar-refractivity contribution in [2.45, 2.75) is 64.6 Å². The van der Waals surface area contributed by atoms with Gasteiger partial charge in [-0.3, -0.25) is 9.59 Å². The monoisotopic (exact) mass is 400 g/mol. The predicted octanol–water partition coefficient (Wildman–Crippen LogP) is 3.63. The summed E-state index contributed by atoms with van der Waals surface area (Å²) >= 11 is 0. The van der Waals surface area contributed by atoms with Crippen molar-refractivity contribution in [3.8, 4) is 0 Å². The van der Waals surface area contributed by atoms with E-state index in [0.29, 0.717) is 17.9 Å². The lowest BCUT2D eigenvalue weighted by Gasteiger charge is -2.29. The Bertz CT molecular complexity index is 815. The maximum atomic E-state index is 12.2. The normalized spacial score (nSPS) is 32.7. The van der Waals surface area contributed by atoms with Gasteiger partial charge in [-0.05, 0) is 49.8 Å². The third-order valence-electron chi connectivity index (χ3n) is 7.09. The van der Waals surface area contributed by atoms with Crippen LogP contribution in [0.3, 0.4) is 0 Å². The zero-order chi connectivity index (χ0) is 20.8. The average molecular weight is 400 g/mol. The molecule has 3 fully saturated rings. The first-order valence-corrected chi connectivity index (χ1v) is 10.5. The van der Waals surface area contributed by atoms with Gasteiger partial charge in [-0.1, -0.05) is 26.0 Å². The molecule has 0 spiro atoms. The Morgan fingerprint density at radius 3 is 2.69 bits per heavy atom. The van der Waals surface area contributed by atoms with Gasteiger partial charge in [0.2, 0.25) is 0 Å². The lowest BCUT2D eigenvalue weighted by molar-refractivity contribution is -0.162. The smallest absolute Gasteiger partial charge is 0.338 e. The van der Waals surface area contributed by atoms with Crippen LogP contribution in [0.2, 0.25) is 0 Å². The molecule has 2 aliphatic carbocycles. The number of hydrogen-bond donors (Lipinski definition) is 0. The van der Waals surface area contributed by atoms with Gasteiger partial charge >= 0.3 is 17.9 Å². The molecule has 6 atom stereocenters. The molecule has 1 heterocycles. The zero-order valence-electron chi connectivity index (χ0n) is 17.2. The molecule has 6 unspecified atom stereocenters. The van der Waals surface area contributed by atoms with E-state index in [1.807, 2.05) is 19.1 Å². The van der Waals surface area contributed by atoms with Gasteiger partial charge < -0.3 is 14.2 Å². The van der Waals surface area contributed by atoms with Crippen molar-refractivity contribution >= 4 is 17.9 Å². The van der Waals surface area contributed by atoms with Crippen LogP contribution in [0.15, 0.2) is 24.3 Å². The molecule has 0 aromatic heterocycles. The standard InChI is InChI=1S/C23H28O6/c1-4-13(2)14-5-7-15(8-6-14)21(25)27-10-9-18(24)28-19-16-11-17-20(19)29-22(26)23(17,3)12-16/h5-8,13,16-17,19-20H,4,9-12H2,1-3H3. The van der Waals surface area contributed by atoms with Crippen molar-refractivity contribution in [3.63, 3.8) is 0 Å². The Morgan fingerprint density at radius 1 is 1.28 bits per heavy atom. The Morgan fingerprint density at radius 2 is 2.00 bits per heavy atom. The summed E-state index contributed by atoms with van der Waals surface area (Å²) < 4.78 is 16.3. The van der Waals surface area contributed by atoms with Crippen LogP contribution < -0.4 is 0 Å². The summed E-state index contributed by atoms with van der Waals surface area (Å²) in [4.78, 5) is 36.5. The van der Waals surface area contributed by atoms with Crippen LogP contribution in [-0.2, 0) is 23.8 Å². The molecular formula is C23H28O6. The number of carbonyl (C=O) groups is 3. The fourth-order valence-corrected chi connectivity index (χ4v) is 5.12. The van der Waals surface area contributed by atoms with E-state index < -0.39 is 17.4 Å². The van der Waals surface area contributed by atoms with Crippen molar-refractivity contribution in [1.29, 1.82) is 0 Å². The minimum Gasteiger partial charge on any atom is -0.461 e. The third-order valence-corrected chi connectivity index (χ3v) is 7.09. The highest BCUT2D eigenvalue weighted by atomic mass is 16.6. The van der Waals surface area contributed by atoms with E-state index in [9.17, 15) is 14.4 Å². The summed E-state index contributed by atoms with van der Waals surface area (Å²) in [5, 5.41) is 0. The molecule has 0 radical (unpaired) electrons. The molecule has 2 saturated carbocycles. The number of benzene rings is 1. The number of rotatable bonds is 7. The molecule has 156 valence electrons. The molecule has 6 heteroatoms. The van der Waals surface area contributed by atoms with E-state index in [-0.39, 0.29) is 43.0 Å². The maximum absolute atomic E-state index is 12.2. The number of carbonyl (C=O) groups excluding carboxylic acids is 3. The molecule has 2 bridgehead atoms. The van der Waals surface area contributed by atoms with Gasteiger partial charge in [0.25, 0.3) is 0 Å². The number of hydrogen-bond acceptors (Lipinski definition) is 6. The number of fused-ring (bicyclic) bond motifs is 1. The summed E-state index contributed by atoms with van der Waals surface area (Å²) in [6.07, 6.45) is 1.92. The van der Waals surface area contributed by atoms with Gasteiger partial charge in [-0.2, -0.15) is 0 Å².